The van der Waals surface area contributed by atoms with E-state index < -0.39 is 21.6 Å². The summed E-state index contributed by atoms with van der Waals surface area (Å²) in [4.78, 5) is 25.2. The summed E-state index contributed by atoms with van der Waals surface area (Å²) in [6, 6.07) is 4.33. The molecule has 0 bridgehead atoms. The maximum absolute atomic E-state index is 12.7. The van der Waals surface area contributed by atoms with E-state index in [-0.39, 0.29) is 48.8 Å². The van der Waals surface area contributed by atoms with Crippen molar-refractivity contribution in [3.8, 4) is 0 Å². The van der Waals surface area contributed by atoms with Crippen molar-refractivity contribution in [2.75, 3.05) is 19.6 Å². The van der Waals surface area contributed by atoms with Gasteiger partial charge in [0.1, 0.15) is 0 Å². The lowest BCUT2D eigenvalue weighted by Crippen LogP contribution is -2.50. The number of piperidine rings is 1. The summed E-state index contributed by atoms with van der Waals surface area (Å²) in [6.45, 7) is 3.78. The summed E-state index contributed by atoms with van der Waals surface area (Å²) >= 11 is 0. The highest BCUT2D eigenvalue weighted by atomic mass is 32.2. The number of carbonyl (C=O) groups excluding carboxylic acids is 1. The molecule has 9 heteroatoms. The lowest BCUT2D eigenvalue weighted by atomic mass is 9.91. The number of aliphatic carboxylic acids is 1. The third-order valence-corrected chi connectivity index (χ3v) is 5.90. The summed E-state index contributed by atoms with van der Waals surface area (Å²) in [5.41, 5.74) is -0.943. The van der Waals surface area contributed by atoms with E-state index in [1.54, 1.807) is 19.9 Å². The number of carboxylic acid groups (broad SMARTS) is 1. The molecule has 3 N–H and O–H groups in total. The number of benzene rings is 1. The Morgan fingerprint density at radius 1 is 1.28 bits per heavy atom. The molecular formula is C16H22N2O6S. The quantitative estimate of drug-likeness (QED) is 0.687. The van der Waals surface area contributed by atoms with Gasteiger partial charge < -0.3 is 15.1 Å². The van der Waals surface area contributed by atoms with Crippen molar-refractivity contribution in [3.05, 3.63) is 29.3 Å². The number of likely N-dealkylation sites (tertiary alicyclic amines) is 1. The number of aryl methyl sites for hydroxylation is 1. The Morgan fingerprint density at radius 3 is 2.40 bits per heavy atom. The molecule has 1 amide bonds. The topological polar surface area (TPSA) is 124 Å². The van der Waals surface area contributed by atoms with Crippen LogP contribution in [-0.4, -0.2) is 60.6 Å². The summed E-state index contributed by atoms with van der Waals surface area (Å²) in [5.74, 6) is -1.67. The average molecular weight is 370 g/mol. The number of hydrogen-bond acceptors (Lipinski definition) is 5. The molecule has 0 radical (unpaired) electrons. The maximum Gasteiger partial charge on any atom is 0.335 e. The van der Waals surface area contributed by atoms with Crippen LogP contribution < -0.4 is 4.72 Å². The highest BCUT2D eigenvalue weighted by Gasteiger charge is 2.40. The number of amides is 1. The van der Waals surface area contributed by atoms with Gasteiger partial charge in [-0.3, -0.25) is 4.79 Å². The van der Waals surface area contributed by atoms with Crippen LogP contribution in [0.15, 0.2) is 23.1 Å². The first-order valence-corrected chi connectivity index (χ1v) is 9.44. The number of hydrogen-bond donors (Lipinski definition) is 3. The number of aliphatic hydroxyl groups is 1. The van der Waals surface area contributed by atoms with Gasteiger partial charge in [0.25, 0.3) is 5.91 Å². The fourth-order valence-corrected chi connectivity index (χ4v) is 3.80. The molecule has 0 saturated carbocycles. The molecule has 1 aromatic carbocycles. The third-order valence-electron chi connectivity index (χ3n) is 4.36. The van der Waals surface area contributed by atoms with E-state index in [2.05, 4.69) is 4.72 Å². The first-order chi connectivity index (χ1) is 11.6. The van der Waals surface area contributed by atoms with Gasteiger partial charge in [0, 0.05) is 38.0 Å². The second kappa shape index (κ2) is 7.11. The predicted molar refractivity (Wildman–Crippen MR) is 89.8 cm³/mol. The normalized spacial score (nSPS) is 17.3. The van der Waals surface area contributed by atoms with Crippen molar-refractivity contribution >= 4 is 21.9 Å². The van der Waals surface area contributed by atoms with Crippen LogP contribution >= 0.6 is 0 Å². The largest absolute Gasteiger partial charge is 0.479 e. The Morgan fingerprint density at radius 2 is 1.88 bits per heavy atom. The molecule has 0 atom stereocenters. The van der Waals surface area contributed by atoms with Gasteiger partial charge in [0.2, 0.25) is 10.0 Å². The predicted octanol–water partition coefficient (Wildman–Crippen LogP) is 0.345. The van der Waals surface area contributed by atoms with Crippen LogP contribution in [0.5, 0.6) is 0 Å². The van der Waals surface area contributed by atoms with E-state index >= 15 is 0 Å². The van der Waals surface area contributed by atoms with Crippen LogP contribution in [-0.2, 0) is 14.8 Å². The third kappa shape index (κ3) is 4.00. The van der Waals surface area contributed by atoms with Crippen molar-refractivity contribution < 1.29 is 28.2 Å². The molecule has 0 aliphatic carbocycles. The smallest absolute Gasteiger partial charge is 0.335 e. The van der Waals surface area contributed by atoms with E-state index in [1.165, 1.54) is 17.0 Å². The molecule has 1 aliphatic rings. The van der Waals surface area contributed by atoms with Crippen molar-refractivity contribution in [3.63, 3.8) is 0 Å². The minimum absolute atomic E-state index is 0.00218. The Labute approximate surface area is 146 Å². The van der Waals surface area contributed by atoms with Gasteiger partial charge in [-0.2, -0.15) is 0 Å². The van der Waals surface area contributed by atoms with Gasteiger partial charge in [0.05, 0.1) is 4.90 Å². The van der Waals surface area contributed by atoms with Gasteiger partial charge in [-0.05, 0) is 24.6 Å². The molecule has 1 heterocycles. The molecule has 0 unspecified atom stereocenters. The molecule has 1 saturated heterocycles. The van der Waals surface area contributed by atoms with Crippen LogP contribution in [0, 0.1) is 6.92 Å². The van der Waals surface area contributed by atoms with Crippen molar-refractivity contribution in [1.29, 1.82) is 0 Å². The molecule has 1 aliphatic heterocycles. The first kappa shape index (κ1) is 19.4. The van der Waals surface area contributed by atoms with Crippen LogP contribution in [0.25, 0.3) is 0 Å². The SMILES string of the molecule is CCNS(=O)(=O)c1ccc(C)c(C(=O)N2CCC(O)(C(=O)O)CC2)c1. The second-order valence-corrected chi connectivity index (χ2v) is 7.87. The summed E-state index contributed by atoms with van der Waals surface area (Å²) in [7, 11) is -3.68. The molecule has 138 valence electrons. The fraction of sp³-hybridized carbons (Fsp3) is 0.500. The van der Waals surface area contributed by atoms with Gasteiger partial charge >= 0.3 is 5.97 Å². The Bertz CT molecular complexity index is 782. The lowest BCUT2D eigenvalue weighted by molar-refractivity contribution is -0.162. The average Bonchev–Trinajstić information content (AvgIpc) is 2.55. The van der Waals surface area contributed by atoms with E-state index in [4.69, 9.17) is 5.11 Å². The minimum atomic E-state index is -3.68. The summed E-state index contributed by atoms with van der Waals surface area (Å²) in [5, 5.41) is 19.0. The maximum atomic E-state index is 12.7. The van der Waals surface area contributed by atoms with Crippen molar-refractivity contribution in [1.82, 2.24) is 9.62 Å². The van der Waals surface area contributed by atoms with Gasteiger partial charge in [0.15, 0.2) is 5.60 Å². The number of nitrogens with one attached hydrogen (secondary N) is 1. The van der Waals surface area contributed by atoms with Crippen molar-refractivity contribution in [2.24, 2.45) is 0 Å². The molecule has 1 aromatic rings. The molecule has 25 heavy (non-hydrogen) atoms. The molecule has 1 fully saturated rings. The standard InChI is InChI=1S/C16H22N2O6S/c1-3-17-25(23,24)12-5-4-11(2)13(10-12)14(19)18-8-6-16(22,7-9-18)15(20)21/h4-5,10,17,22H,3,6-9H2,1-2H3,(H,20,21). The van der Waals surface area contributed by atoms with E-state index in [0.29, 0.717) is 5.56 Å². The number of carbonyl (C=O) groups is 2. The molecule has 8 nitrogen and oxygen atoms in total. The van der Waals surface area contributed by atoms with Crippen LogP contribution in [0.2, 0.25) is 0 Å². The summed E-state index contributed by atoms with van der Waals surface area (Å²) < 4.78 is 26.6. The molecule has 0 spiro atoms. The Kier molecular flexibility index (Phi) is 5.50. The Balaban J connectivity index is 2.24. The molecular weight excluding hydrogens is 348 g/mol. The van der Waals surface area contributed by atoms with Crippen LogP contribution in [0.4, 0.5) is 0 Å². The number of sulfonamides is 1. The van der Waals surface area contributed by atoms with Gasteiger partial charge in [-0.1, -0.05) is 13.0 Å². The Hall–Kier alpha value is -1.97. The lowest BCUT2D eigenvalue weighted by Gasteiger charge is -2.35. The second-order valence-electron chi connectivity index (χ2n) is 6.11. The zero-order chi connectivity index (χ0) is 18.8. The first-order valence-electron chi connectivity index (χ1n) is 7.96. The highest BCUT2D eigenvalue weighted by molar-refractivity contribution is 7.89. The zero-order valence-electron chi connectivity index (χ0n) is 14.2. The van der Waals surface area contributed by atoms with Gasteiger partial charge in [-0.15, -0.1) is 0 Å². The number of nitrogens with zero attached hydrogens (tertiary/aromatic N) is 1. The number of carboxylic acids is 1. The molecule has 0 aromatic heterocycles. The van der Waals surface area contributed by atoms with Crippen LogP contribution in [0.1, 0.15) is 35.7 Å². The van der Waals surface area contributed by atoms with Crippen molar-refractivity contribution in [2.45, 2.75) is 37.2 Å². The zero-order valence-corrected chi connectivity index (χ0v) is 15.0. The van der Waals surface area contributed by atoms with E-state index in [9.17, 15) is 23.1 Å². The monoisotopic (exact) mass is 370 g/mol. The van der Waals surface area contributed by atoms with Gasteiger partial charge in [-0.25, -0.2) is 17.9 Å². The van der Waals surface area contributed by atoms with E-state index in [0.717, 1.165) is 0 Å². The minimum Gasteiger partial charge on any atom is -0.479 e. The number of rotatable bonds is 5. The summed E-state index contributed by atoms with van der Waals surface area (Å²) in [6.07, 6.45) is -0.134. The highest BCUT2D eigenvalue weighted by Crippen LogP contribution is 2.25. The fourth-order valence-electron chi connectivity index (χ4n) is 2.74. The molecule has 2 rings (SSSR count). The van der Waals surface area contributed by atoms with E-state index in [1.807, 2.05) is 0 Å². The van der Waals surface area contributed by atoms with Crippen LogP contribution in [0.3, 0.4) is 0 Å².